The van der Waals surface area contributed by atoms with Crippen molar-refractivity contribution in [3.63, 3.8) is 0 Å². The third-order valence-corrected chi connectivity index (χ3v) is 3.22. The van der Waals surface area contributed by atoms with Crippen LogP contribution < -0.4 is 21.7 Å². The number of hydrogen-bond donors (Lipinski definition) is 7. The van der Waals surface area contributed by atoms with E-state index in [2.05, 4.69) is 10.6 Å². The Morgan fingerprint density at radius 1 is 0.741 bits per heavy atom. The van der Waals surface area contributed by atoms with Crippen LogP contribution >= 0.6 is 0 Å². The Morgan fingerprint density at radius 2 is 1.22 bits per heavy atom. The number of carbonyl (C=O) groups excluding carboxylic acids is 3. The van der Waals surface area contributed by atoms with Crippen molar-refractivity contribution in [2.24, 2.45) is 5.73 Å². The van der Waals surface area contributed by atoms with E-state index in [-0.39, 0.29) is 0 Å². The van der Waals surface area contributed by atoms with Gasteiger partial charge < -0.3 is 37.0 Å². The summed E-state index contributed by atoms with van der Waals surface area (Å²) in [5.41, 5.74) is 5.34. The van der Waals surface area contributed by atoms with Gasteiger partial charge in [-0.2, -0.15) is 0 Å². The lowest BCUT2D eigenvalue weighted by Gasteiger charge is -2.21. The molecule has 8 N–H and O–H groups in total. The molecule has 0 aliphatic rings. The Bertz CT molecular complexity index is 622. The molecule has 0 aliphatic carbocycles. The molecular weight excluding hydrogens is 368 g/mol. The number of carboxylic acids is 3. The van der Waals surface area contributed by atoms with Crippen LogP contribution in [0.2, 0.25) is 0 Å². The summed E-state index contributed by atoms with van der Waals surface area (Å²) >= 11 is 0. The molecule has 152 valence electrons. The second kappa shape index (κ2) is 10.7. The summed E-state index contributed by atoms with van der Waals surface area (Å²) in [4.78, 5) is 67.9. The molecule has 0 saturated carbocycles. The lowest BCUT2D eigenvalue weighted by molar-refractivity contribution is -0.143. The molecule has 0 aliphatic heterocycles. The molecular formula is C14H22N4O9. The number of hydrogen-bond acceptors (Lipinski definition) is 7. The molecule has 0 radical (unpaired) electrons. The van der Waals surface area contributed by atoms with E-state index in [1.165, 1.54) is 13.8 Å². The maximum atomic E-state index is 12.2. The summed E-state index contributed by atoms with van der Waals surface area (Å²) in [6, 6.07) is -5.59. The summed E-state index contributed by atoms with van der Waals surface area (Å²) in [5, 5.41) is 32.4. The zero-order valence-electron chi connectivity index (χ0n) is 14.6. The lowest BCUT2D eigenvalue weighted by atomic mass is 10.1. The maximum absolute atomic E-state index is 12.2. The Morgan fingerprint density at radius 3 is 1.67 bits per heavy atom. The van der Waals surface area contributed by atoms with Gasteiger partial charge in [-0.05, 0) is 13.8 Å². The average molecular weight is 390 g/mol. The minimum absolute atomic E-state index is 0.737. The molecule has 0 aromatic rings. The van der Waals surface area contributed by atoms with Gasteiger partial charge in [-0.1, -0.05) is 0 Å². The Hall–Kier alpha value is -3.22. The number of aliphatic carboxylic acids is 3. The summed E-state index contributed by atoms with van der Waals surface area (Å²) in [5.74, 6) is -7.06. The predicted octanol–water partition coefficient (Wildman–Crippen LogP) is -3.16. The van der Waals surface area contributed by atoms with E-state index in [1.54, 1.807) is 0 Å². The Labute approximate surface area is 153 Å². The van der Waals surface area contributed by atoms with Crippen molar-refractivity contribution in [1.82, 2.24) is 16.0 Å². The highest BCUT2D eigenvalue weighted by Crippen LogP contribution is 1.98. The van der Waals surface area contributed by atoms with Crippen LogP contribution in [0.1, 0.15) is 26.7 Å². The number of nitrogens with two attached hydrogens (primary N) is 1. The minimum atomic E-state index is -1.62. The number of amides is 3. The van der Waals surface area contributed by atoms with Crippen molar-refractivity contribution in [3.05, 3.63) is 0 Å². The van der Waals surface area contributed by atoms with Gasteiger partial charge in [0.05, 0.1) is 18.9 Å². The van der Waals surface area contributed by atoms with Crippen LogP contribution in [0.4, 0.5) is 0 Å². The molecule has 13 nitrogen and oxygen atoms in total. The maximum Gasteiger partial charge on any atom is 0.325 e. The third-order valence-electron chi connectivity index (χ3n) is 3.22. The molecule has 4 atom stereocenters. The molecule has 27 heavy (non-hydrogen) atoms. The molecule has 13 heteroatoms. The lowest BCUT2D eigenvalue weighted by Crippen LogP contribution is -2.56. The summed E-state index contributed by atoms with van der Waals surface area (Å²) < 4.78 is 0. The van der Waals surface area contributed by atoms with Gasteiger partial charge in [0.25, 0.3) is 0 Å². The van der Waals surface area contributed by atoms with Crippen molar-refractivity contribution in [1.29, 1.82) is 0 Å². The van der Waals surface area contributed by atoms with E-state index in [1.807, 2.05) is 5.32 Å². The van der Waals surface area contributed by atoms with Crippen LogP contribution in [-0.2, 0) is 28.8 Å². The van der Waals surface area contributed by atoms with Crippen LogP contribution in [0, 0.1) is 0 Å². The molecule has 4 unspecified atom stereocenters. The van der Waals surface area contributed by atoms with E-state index in [0.29, 0.717) is 0 Å². The highest BCUT2D eigenvalue weighted by Gasteiger charge is 2.29. The van der Waals surface area contributed by atoms with Gasteiger partial charge in [-0.25, -0.2) is 0 Å². The van der Waals surface area contributed by atoms with Crippen molar-refractivity contribution < 1.29 is 44.1 Å². The molecule has 0 aromatic carbocycles. The van der Waals surface area contributed by atoms with Crippen LogP contribution in [0.15, 0.2) is 0 Å². The second-order valence-electron chi connectivity index (χ2n) is 5.66. The Balaban J connectivity index is 4.98. The predicted molar refractivity (Wildman–Crippen MR) is 87.3 cm³/mol. The van der Waals surface area contributed by atoms with Crippen LogP contribution in [0.25, 0.3) is 0 Å². The fourth-order valence-corrected chi connectivity index (χ4v) is 1.72. The molecule has 0 bridgehead atoms. The van der Waals surface area contributed by atoms with E-state index >= 15 is 0 Å². The fourth-order valence-electron chi connectivity index (χ4n) is 1.72. The normalized spacial score (nSPS) is 14.8. The zero-order chi connectivity index (χ0) is 21.3. The molecule has 0 saturated heterocycles. The molecule has 0 fully saturated rings. The average Bonchev–Trinajstić information content (AvgIpc) is 2.52. The number of carboxylic acid groups (broad SMARTS) is 3. The standard InChI is InChI=1S/C14H22N4O9/c1-5(11(23)17-6(2)14(26)27)16-13(25)8(4-10(21)22)18-12(24)7(15)3-9(19)20/h5-8H,3-4,15H2,1-2H3,(H,16,25)(H,17,23)(H,18,24)(H,19,20)(H,21,22)(H,26,27). The number of rotatable bonds is 11. The first-order chi connectivity index (χ1) is 12.3. The molecule has 0 aromatic heterocycles. The van der Waals surface area contributed by atoms with E-state index in [4.69, 9.17) is 21.1 Å². The first-order valence-electron chi connectivity index (χ1n) is 7.68. The van der Waals surface area contributed by atoms with Crippen LogP contribution in [-0.4, -0.2) is 75.1 Å². The van der Waals surface area contributed by atoms with Gasteiger partial charge in [0, 0.05) is 0 Å². The van der Waals surface area contributed by atoms with E-state index in [0.717, 1.165) is 0 Å². The second-order valence-corrected chi connectivity index (χ2v) is 5.66. The van der Waals surface area contributed by atoms with Crippen LogP contribution in [0.3, 0.4) is 0 Å². The molecule has 0 heterocycles. The van der Waals surface area contributed by atoms with Gasteiger partial charge in [0.2, 0.25) is 17.7 Å². The van der Waals surface area contributed by atoms with Crippen molar-refractivity contribution in [3.8, 4) is 0 Å². The fraction of sp³-hybridized carbons (Fsp3) is 0.571. The monoisotopic (exact) mass is 390 g/mol. The van der Waals surface area contributed by atoms with Gasteiger partial charge in [0.15, 0.2) is 0 Å². The molecule has 0 rings (SSSR count). The zero-order valence-corrected chi connectivity index (χ0v) is 14.6. The van der Waals surface area contributed by atoms with Gasteiger partial charge >= 0.3 is 17.9 Å². The first kappa shape index (κ1) is 23.8. The summed E-state index contributed by atoms with van der Waals surface area (Å²) in [7, 11) is 0. The van der Waals surface area contributed by atoms with Gasteiger partial charge in [-0.15, -0.1) is 0 Å². The quantitative estimate of drug-likeness (QED) is 0.187. The van der Waals surface area contributed by atoms with Gasteiger partial charge in [-0.3, -0.25) is 28.8 Å². The SMILES string of the molecule is CC(NC(=O)C(C)NC(=O)C(CC(=O)O)NC(=O)C(N)CC(=O)O)C(=O)O. The Kier molecular flexibility index (Phi) is 9.42. The number of nitrogens with one attached hydrogen (secondary N) is 3. The summed E-state index contributed by atoms with van der Waals surface area (Å²) in [6.07, 6.45) is -1.59. The smallest absolute Gasteiger partial charge is 0.325 e. The highest BCUT2D eigenvalue weighted by atomic mass is 16.4. The van der Waals surface area contributed by atoms with Crippen molar-refractivity contribution >= 4 is 35.6 Å². The number of carbonyl (C=O) groups is 6. The third kappa shape index (κ3) is 9.15. The molecule has 0 spiro atoms. The van der Waals surface area contributed by atoms with Crippen molar-refractivity contribution in [2.45, 2.75) is 50.9 Å². The van der Waals surface area contributed by atoms with Gasteiger partial charge in [0.1, 0.15) is 18.1 Å². The van der Waals surface area contributed by atoms with E-state index in [9.17, 15) is 28.8 Å². The minimum Gasteiger partial charge on any atom is -0.481 e. The molecule has 3 amide bonds. The van der Waals surface area contributed by atoms with E-state index < -0.39 is 72.6 Å². The van der Waals surface area contributed by atoms with Crippen LogP contribution in [0.5, 0.6) is 0 Å². The van der Waals surface area contributed by atoms with Crippen molar-refractivity contribution in [2.75, 3.05) is 0 Å². The first-order valence-corrected chi connectivity index (χ1v) is 7.68. The topological polar surface area (TPSA) is 225 Å². The highest BCUT2D eigenvalue weighted by molar-refractivity contribution is 5.96. The largest absolute Gasteiger partial charge is 0.481 e. The summed E-state index contributed by atoms with van der Waals surface area (Å²) in [6.45, 7) is 2.42.